The van der Waals surface area contributed by atoms with Gasteiger partial charge in [0.05, 0.1) is 10.6 Å². The molecule has 9 heteroatoms. The van der Waals surface area contributed by atoms with E-state index in [1.54, 1.807) is 0 Å². The van der Waals surface area contributed by atoms with Gasteiger partial charge >= 0.3 is 12.1 Å². The van der Waals surface area contributed by atoms with Crippen LogP contribution >= 0.6 is 11.6 Å². The van der Waals surface area contributed by atoms with Crippen molar-refractivity contribution in [2.24, 2.45) is 5.92 Å². The highest BCUT2D eigenvalue weighted by molar-refractivity contribution is 7.91. The average molecular weight is 317 g/mol. The van der Waals surface area contributed by atoms with Crippen molar-refractivity contribution >= 4 is 27.4 Å². The molecule has 1 aromatic rings. The van der Waals surface area contributed by atoms with Gasteiger partial charge in [-0.1, -0.05) is 11.6 Å². The molecule has 1 rings (SSSR count). The number of sulfone groups is 1. The molecular formula is C10H8ClF3O4S. The summed E-state index contributed by atoms with van der Waals surface area (Å²) in [5.41, 5.74) is 0. The van der Waals surface area contributed by atoms with Crippen molar-refractivity contribution in [3.63, 3.8) is 0 Å². The topological polar surface area (TPSA) is 71.4 Å². The molecule has 0 saturated heterocycles. The second-order valence-corrected chi connectivity index (χ2v) is 6.14. The summed E-state index contributed by atoms with van der Waals surface area (Å²) in [5, 5.41) is 8.67. The van der Waals surface area contributed by atoms with E-state index in [-0.39, 0.29) is 5.02 Å². The van der Waals surface area contributed by atoms with Crippen LogP contribution in [-0.2, 0) is 14.6 Å². The van der Waals surface area contributed by atoms with Crippen molar-refractivity contribution in [1.29, 1.82) is 0 Å². The summed E-state index contributed by atoms with van der Waals surface area (Å²) in [6.07, 6.45) is -5.13. The van der Waals surface area contributed by atoms with E-state index in [4.69, 9.17) is 16.7 Å². The van der Waals surface area contributed by atoms with E-state index in [0.29, 0.717) is 0 Å². The molecular weight excluding hydrogens is 309 g/mol. The van der Waals surface area contributed by atoms with Crippen molar-refractivity contribution in [3.05, 3.63) is 29.3 Å². The first kappa shape index (κ1) is 15.8. The molecule has 0 saturated carbocycles. The summed E-state index contributed by atoms with van der Waals surface area (Å²) in [7, 11) is -4.36. The lowest BCUT2D eigenvalue weighted by Gasteiger charge is -2.16. The van der Waals surface area contributed by atoms with Gasteiger partial charge in [-0.15, -0.1) is 0 Å². The highest BCUT2D eigenvalue weighted by Crippen LogP contribution is 2.29. The minimum Gasteiger partial charge on any atom is -0.481 e. The molecule has 0 bridgehead atoms. The predicted molar refractivity (Wildman–Crippen MR) is 60.7 cm³/mol. The van der Waals surface area contributed by atoms with Crippen LogP contribution in [0.5, 0.6) is 0 Å². The number of alkyl halides is 3. The molecule has 19 heavy (non-hydrogen) atoms. The molecule has 0 aromatic heterocycles. The Hall–Kier alpha value is -1.28. The smallest absolute Gasteiger partial charge is 0.403 e. The SMILES string of the molecule is O=C(O)C(CS(=O)(=O)c1ccc(Cl)cc1)C(F)(F)F. The molecule has 0 heterocycles. The molecule has 4 nitrogen and oxygen atoms in total. The fraction of sp³-hybridized carbons (Fsp3) is 0.300. The maximum Gasteiger partial charge on any atom is 0.403 e. The zero-order valence-electron chi connectivity index (χ0n) is 9.19. The van der Waals surface area contributed by atoms with E-state index in [1.165, 1.54) is 12.1 Å². The number of carboxylic acid groups (broad SMARTS) is 1. The maximum atomic E-state index is 12.4. The number of carboxylic acids is 1. The first-order valence-corrected chi connectivity index (χ1v) is 6.85. The summed E-state index contributed by atoms with van der Waals surface area (Å²) in [4.78, 5) is 10.1. The number of rotatable bonds is 4. The van der Waals surface area contributed by atoms with E-state index < -0.39 is 38.5 Å². The molecule has 0 aliphatic heterocycles. The van der Waals surface area contributed by atoms with Gasteiger partial charge in [0.15, 0.2) is 15.8 Å². The van der Waals surface area contributed by atoms with Gasteiger partial charge in [-0.25, -0.2) is 8.42 Å². The lowest BCUT2D eigenvalue weighted by atomic mass is 10.2. The largest absolute Gasteiger partial charge is 0.481 e. The van der Waals surface area contributed by atoms with Crippen LogP contribution in [0.3, 0.4) is 0 Å². The lowest BCUT2D eigenvalue weighted by Crippen LogP contribution is -2.36. The molecule has 0 aliphatic rings. The highest BCUT2D eigenvalue weighted by Gasteiger charge is 2.47. The molecule has 0 radical (unpaired) electrons. The normalized spacial score (nSPS) is 14.1. The summed E-state index contributed by atoms with van der Waals surface area (Å²) in [6.45, 7) is 0. The first-order valence-electron chi connectivity index (χ1n) is 4.82. The van der Waals surface area contributed by atoms with Gasteiger partial charge in [-0.3, -0.25) is 4.79 Å². The Labute approximate surface area is 111 Å². The minimum absolute atomic E-state index is 0.213. The van der Waals surface area contributed by atoms with Gasteiger partial charge in [-0.2, -0.15) is 13.2 Å². The molecule has 1 unspecified atom stereocenters. The predicted octanol–water partition coefficient (Wildman–Crippen LogP) is 2.38. The fourth-order valence-corrected chi connectivity index (χ4v) is 2.90. The van der Waals surface area contributed by atoms with Crippen molar-refractivity contribution in [3.8, 4) is 0 Å². The van der Waals surface area contributed by atoms with E-state index in [1.807, 2.05) is 0 Å². The number of hydrogen-bond donors (Lipinski definition) is 1. The van der Waals surface area contributed by atoms with Gasteiger partial charge < -0.3 is 5.11 Å². The number of halogens is 4. The zero-order chi connectivity index (χ0) is 14.8. The van der Waals surface area contributed by atoms with Crippen LogP contribution in [-0.4, -0.2) is 31.4 Å². The molecule has 106 valence electrons. The van der Waals surface area contributed by atoms with Crippen LogP contribution in [0.4, 0.5) is 13.2 Å². The lowest BCUT2D eigenvalue weighted by molar-refractivity contribution is -0.189. The van der Waals surface area contributed by atoms with Crippen LogP contribution in [0.15, 0.2) is 29.2 Å². The van der Waals surface area contributed by atoms with E-state index in [0.717, 1.165) is 12.1 Å². The highest BCUT2D eigenvalue weighted by atomic mass is 35.5. The van der Waals surface area contributed by atoms with Gasteiger partial charge in [0.1, 0.15) is 0 Å². The third-order valence-electron chi connectivity index (χ3n) is 2.25. The van der Waals surface area contributed by atoms with E-state index >= 15 is 0 Å². The van der Waals surface area contributed by atoms with Gasteiger partial charge in [0.2, 0.25) is 0 Å². The standard InChI is InChI=1S/C10H8ClF3O4S/c11-6-1-3-7(4-2-6)19(17,18)5-8(9(15)16)10(12,13)14/h1-4,8H,5H2,(H,15,16). The number of hydrogen-bond acceptors (Lipinski definition) is 3. The Morgan fingerprint density at radius 2 is 1.74 bits per heavy atom. The third-order valence-corrected chi connectivity index (χ3v) is 4.27. The Morgan fingerprint density at radius 1 is 1.26 bits per heavy atom. The number of carbonyl (C=O) groups is 1. The molecule has 0 amide bonds. The summed E-state index contributed by atoms with van der Waals surface area (Å²) in [6, 6.07) is 4.43. The summed E-state index contributed by atoms with van der Waals surface area (Å²) >= 11 is 5.52. The van der Waals surface area contributed by atoms with Crippen LogP contribution in [0.2, 0.25) is 5.02 Å². The second kappa shape index (κ2) is 5.38. The van der Waals surface area contributed by atoms with Crippen LogP contribution in [0.25, 0.3) is 0 Å². The maximum absolute atomic E-state index is 12.4. The fourth-order valence-electron chi connectivity index (χ4n) is 1.26. The van der Waals surface area contributed by atoms with Gasteiger partial charge in [0.25, 0.3) is 0 Å². The van der Waals surface area contributed by atoms with Crippen LogP contribution < -0.4 is 0 Å². The number of aliphatic carboxylic acids is 1. The van der Waals surface area contributed by atoms with Crippen molar-refractivity contribution in [2.75, 3.05) is 5.75 Å². The van der Waals surface area contributed by atoms with Crippen LogP contribution in [0, 0.1) is 5.92 Å². The molecule has 0 fully saturated rings. The Kier molecular flexibility index (Phi) is 4.46. The van der Waals surface area contributed by atoms with Crippen LogP contribution in [0.1, 0.15) is 0 Å². The minimum atomic E-state index is -5.13. The average Bonchev–Trinajstić information content (AvgIpc) is 2.24. The van der Waals surface area contributed by atoms with Gasteiger partial charge in [-0.05, 0) is 24.3 Å². The van der Waals surface area contributed by atoms with Crippen molar-refractivity contribution < 1.29 is 31.5 Å². The Morgan fingerprint density at radius 3 is 2.11 bits per heavy atom. The molecule has 1 atom stereocenters. The zero-order valence-corrected chi connectivity index (χ0v) is 10.8. The summed E-state index contributed by atoms with van der Waals surface area (Å²) < 4.78 is 60.6. The molecule has 1 N–H and O–H groups in total. The molecule has 0 spiro atoms. The molecule has 1 aromatic carbocycles. The van der Waals surface area contributed by atoms with Gasteiger partial charge in [0, 0.05) is 5.02 Å². The second-order valence-electron chi connectivity index (χ2n) is 3.67. The molecule has 0 aliphatic carbocycles. The van der Waals surface area contributed by atoms with Crippen molar-refractivity contribution in [2.45, 2.75) is 11.1 Å². The number of benzene rings is 1. The Balaban J connectivity index is 3.08. The van der Waals surface area contributed by atoms with E-state index in [2.05, 4.69) is 0 Å². The monoisotopic (exact) mass is 316 g/mol. The Bertz CT molecular complexity index is 565. The van der Waals surface area contributed by atoms with E-state index in [9.17, 15) is 26.4 Å². The quantitative estimate of drug-likeness (QED) is 0.925. The first-order chi connectivity index (χ1) is 8.54. The third kappa shape index (κ3) is 4.10. The van der Waals surface area contributed by atoms with Crippen molar-refractivity contribution in [1.82, 2.24) is 0 Å². The summed E-state index contributed by atoms with van der Waals surface area (Å²) in [5.74, 6) is -6.74.